The first-order chi connectivity index (χ1) is 7.15. The Hall–Kier alpha value is -0.860. The number of nitrogens with zero attached hydrogens (tertiary/aromatic N) is 1. The van der Waals surface area contributed by atoms with Crippen LogP contribution in [0.2, 0.25) is 0 Å². The number of fused-ring (bicyclic) bond motifs is 5. The van der Waals surface area contributed by atoms with Crippen LogP contribution in [-0.4, -0.2) is 23.8 Å². The molecule has 2 bridgehead atoms. The Morgan fingerprint density at radius 3 is 2.53 bits per heavy atom. The summed E-state index contributed by atoms with van der Waals surface area (Å²) < 4.78 is 0. The number of likely N-dealkylation sites (tertiary alicyclic amines) is 1. The summed E-state index contributed by atoms with van der Waals surface area (Å²) in [7, 11) is 1.64. The van der Waals surface area contributed by atoms with Gasteiger partial charge in [0.05, 0.1) is 11.8 Å². The van der Waals surface area contributed by atoms with Gasteiger partial charge in [0.1, 0.15) is 0 Å². The third-order valence-corrected chi connectivity index (χ3v) is 4.90. The number of hydrogen-bond acceptors (Lipinski definition) is 2. The van der Waals surface area contributed by atoms with Gasteiger partial charge < -0.3 is 0 Å². The average molecular weight is 207 g/mol. The summed E-state index contributed by atoms with van der Waals surface area (Å²) in [4.78, 5) is 25.2. The summed E-state index contributed by atoms with van der Waals surface area (Å²) in [6.07, 6.45) is 3.46. The van der Waals surface area contributed by atoms with Crippen molar-refractivity contribution in [3.05, 3.63) is 0 Å². The van der Waals surface area contributed by atoms with Crippen LogP contribution in [0.25, 0.3) is 0 Å². The van der Waals surface area contributed by atoms with Crippen molar-refractivity contribution in [2.24, 2.45) is 29.6 Å². The molecule has 15 heavy (non-hydrogen) atoms. The highest BCUT2D eigenvalue weighted by molar-refractivity contribution is 6.05. The van der Waals surface area contributed by atoms with E-state index in [9.17, 15) is 9.59 Å². The van der Waals surface area contributed by atoms with Crippen molar-refractivity contribution >= 4 is 11.8 Å². The third kappa shape index (κ3) is 0.963. The fourth-order valence-corrected chi connectivity index (χ4v) is 4.21. The van der Waals surface area contributed by atoms with Crippen molar-refractivity contribution in [3.8, 4) is 0 Å². The molecule has 2 aliphatic carbocycles. The van der Waals surface area contributed by atoms with Crippen molar-refractivity contribution in [1.82, 2.24) is 4.90 Å². The number of imide groups is 1. The normalized spacial score (nSPS) is 47.9. The number of rotatable bonds is 1. The lowest BCUT2D eigenvalue weighted by Crippen LogP contribution is -2.30. The van der Waals surface area contributed by atoms with Gasteiger partial charge in [-0.15, -0.1) is 0 Å². The predicted molar refractivity (Wildman–Crippen MR) is 54.8 cm³/mol. The van der Waals surface area contributed by atoms with E-state index in [0.717, 1.165) is 12.8 Å². The molecule has 2 amide bonds. The zero-order valence-corrected chi connectivity index (χ0v) is 9.27. The molecule has 0 spiro atoms. The molecule has 3 rings (SSSR count). The molecule has 2 saturated carbocycles. The van der Waals surface area contributed by atoms with Gasteiger partial charge in [-0.3, -0.25) is 14.5 Å². The molecule has 3 aliphatic rings. The fourth-order valence-electron chi connectivity index (χ4n) is 4.21. The van der Waals surface area contributed by atoms with Crippen LogP contribution >= 0.6 is 0 Å². The van der Waals surface area contributed by atoms with Gasteiger partial charge in [-0.1, -0.05) is 13.3 Å². The Kier molecular flexibility index (Phi) is 1.77. The number of carbonyl (C=O) groups excluding carboxylic acids is 2. The predicted octanol–water partition coefficient (Wildman–Crippen LogP) is 1.28. The van der Waals surface area contributed by atoms with E-state index < -0.39 is 0 Å². The van der Waals surface area contributed by atoms with Crippen LogP contribution in [0.15, 0.2) is 0 Å². The molecular formula is C12H17NO2. The second-order valence-corrected chi connectivity index (χ2v) is 5.35. The first-order valence-electron chi connectivity index (χ1n) is 5.96. The molecule has 0 radical (unpaired) electrons. The molecule has 5 atom stereocenters. The van der Waals surface area contributed by atoms with Gasteiger partial charge in [-0.2, -0.15) is 0 Å². The molecule has 82 valence electrons. The maximum absolute atomic E-state index is 12.0. The second-order valence-electron chi connectivity index (χ2n) is 5.35. The quantitative estimate of drug-likeness (QED) is 0.607. The van der Waals surface area contributed by atoms with Gasteiger partial charge >= 0.3 is 0 Å². The van der Waals surface area contributed by atoms with Gasteiger partial charge in [0, 0.05) is 7.05 Å². The lowest BCUT2D eigenvalue weighted by molar-refractivity contribution is -0.139. The van der Waals surface area contributed by atoms with E-state index in [4.69, 9.17) is 0 Å². The SMILES string of the molecule is CCC1CC2C[C@@H]1[C@@H]1C(=O)N(C)C(=O)[C@H]21. The molecule has 2 unspecified atom stereocenters. The van der Waals surface area contributed by atoms with Crippen molar-refractivity contribution in [1.29, 1.82) is 0 Å². The Morgan fingerprint density at radius 1 is 1.20 bits per heavy atom. The average Bonchev–Trinajstić information content (AvgIpc) is 2.86. The molecule has 0 aromatic carbocycles. The van der Waals surface area contributed by atoms with Gasteiger partial charge in [0.15, 0.2) is 0 Å². The zero-order chi connectivity index (χ0) is 10.7. The Labute approximate surface area is 89.8 Å². The van der Waals surface area contributed by atoms with Crippen LogP contribution in [0.4, 0.5) is 0 Å². The van der Waals surface area contributed by atoms with E-state index in [1.54, 1.807) is 7.05 Å². The van der Waals surface area contributed by atoms with Gasteiger partial charge in [-0.05, 0) is 30.6 Å². The van der Waals surface area contributed by atoms with Gasteiger partial charge in [0.2, 0.25) is 11.8 Å². The molecule has 3 heteroatoms. The minimum atomic E-state index is 0.0474. The number of amides is 2. The molecule has 0 aromatic rings. The first-order valence-corrected chi connectivity index (χ1v) is 5.96. The van der Waals surface area contributed by atoms with Gasteiger partial charge in [-0.25, -0.2) is 0 Å². The molecule has 3 nitrogen and oxygen atoms in total. The van der Waals surface area contributed by atoms with Crippen LogP contribution in [0.5, 0.6) is 0 Å². The number of carbonyl (C=O) groups is 2. The van der Waals surface area contributed by atoms with E-state index >= 15 is 0 Å². The Morgan fingerprint density at radius 2 is 1.87 bits per heavy atom. The summed E-state index contributed by atoms with van der Waals surface area (Å²) in [6.45, 7) is 2.20. The maximum atomic E-state index is 12.0. The van der Waals surface area contributed by atoms with E-state index in [2.05, 4.69) is 6.92 Å². The molecule has 3 fully saturated rings. The summed E-state index contributed by atoms with van der Waals surface area (Å²) in [5.74, 6) is 1.99. The van der Waals surface area contributed by atoms with Crippen LogP contribution in [0.1, 0.15) is 26.2 Å². The lowest BCUT2D eigenvalue weighted by Gasteiger charge is -2.27. The topological polar surface area (TPSA) is 37.4 Å². The summed E-state index contributed by atoms with van der Waals surface area (Å²) in [5.41, 5.74) is 0. The minimum Gasteiger partial charge on any atom is -0.285 e. The maximum Gasteiger partial charge on any atom is 0.233 e. The van der Waals surface area contributed by atoms with Crippen LogP contribution in [0, 0.1) is 29.6 Å². The third-order valence-electron chi connectivity index (χ3n) is 4.90. The highest BCUT2D eigenvalue weighted by atomic mass is 16.2. The van der Waals surface area contributed by atoms with Crippen LogP contribution < -0.4 is 0 Å². The minimum absolute atomic E-state index is 0.0474. The lowest BCUT2D eigenvalue weighted by atomic mass is 9.74. The molecule has 1 saturated heterocycles. The van der Waals surface area contributed by atoms with Crippen LogP contribution in [0.3, 0.4) is 0 Å². The molecule has 1 aliphatic heterocycles. The van der Waals surface area contributed by atoms with E-state index in [0.29, 0.717) is 17.8 Å². The Balaban J connectivity index is 1.96. The second kappa shape index (κ2) is 2.83. The molecular weight excluding hydrogens is 190 g/mol. The smallest absolute Gasteiger partial charge is 0.233 e. The molecule has 1 heterocycles. The highest BCUT2D eigenvalue weighted by Crippen LogP contribution is 2.59. The highest BCUT2D eigenvalue weighted by Gasteiger charge is 2.62. The van der Waals surface area contributed by atoms with E-state index in [1.807, 2.05) is 0 Å². The van der Waals surface area contributed by atoms with Gasteiger partial charge in [0.25, 0.3) is 0 Å². The van der Waals surface area contributed by atoms with E-state index in [-0.39, 0.29) is 23.7 Å². The van der Waals surface area contributed by atoms with Crippen molar-refractivity contribution in [2.75, 3.05) is 7.05 Å². The summed E-state index contributed by atoms with van der Waals surface area (Å²) in [6, 6.07) is 0. The van der Waals surface area contributed by atoms with Crippen molar-refractivity contribution in [3.63, 3.8) is 0 Å². The van der Waals surface area contributed by atoms with Crippen LogP contribution in [-0.2, 0) is 9.59 Å². The monoisotopic (exact) mass is 207 g/mol. The Bertz CT molecular complexity index is 339. The first kappa shape index (κ1) is 9.37. The zero-order valence-electron chi connectivity index (χ0n) is 9.27. The van der Waals surface area contributed by atoms with E-state index in [1.165, 1.54) is 11.3 Å². The van der Waals surface area contributed by atoms with Crippen molar-refractivity contribution < 1.29 is 9.59 Å². The summed E-state index contributed by atoms with van der Waals surface area (Å²) >= 11 is 0. The largest absolute Gasteiger partial charge is 0.285 e. The summed E-state index contributed by atoms with van der Waals surface area (Å²) in [5, 5.41) is 0. The fraction of sp³-hybridized carbons (Fsp3) is 0.833. The molecule has 0 N–H and O–H groups in total. The number of hydrogen-bond donors (Lipinski definition) is 0. The molecule has 0 aromatic heterocycles. The van der Waals surface area contributed by atoms with Crippen molar-refractivity contribution in [2.45, 2.75) is 26.2 Å². The standard InChI is InChI=1S/C12H17NO2/c1-3-6-4-7-5-8(6)10-9(7)11(14)13(2)12(10)15/h6-10H,3-5H2,1-2H3/t6?,7?,8-,9+,10-/m0/s1.